The van der Waals surface area contributed by atoms with Gasteiger partial charge < -0.3 is 10.6 Å². The van der Waals surface area contributed by atoms with Crippen LogP contribution < -0.4 is 10.6 Å². The molecule has 20 heavy (non-hydrogen) atoms. The van der Waals surface area contributed by atoms with Gasteiger partial charge in [0.2, 0.25) is 0 Å². The Kier molecular flexibility index (Phi) is 4.62. The quantitative estimate of drug-likeness (QED) is 0.863. The van der Waals surface area contributed by atoms with Crippen molar-refractivity contribution in [2.24, 2.45) is 5.92 Å². The molecular formula is C16H21N3O. The van der Waals surface area contributed by atoms with E-state index >= 15 is 0 Å². The van der Waals surface area contributed by atoms with Gasteiger partial charge in [0, 0.05) is 11.7 Å². The van der Waals surface area contributed by atoms with Crippen LogP contribution in [0.1, 0.15) is 43.7 Å². The molecule has 1 aromatic carbocycles. The lowest BCUT2D eigenvalue weighted by molar-refractivity contribution is 0.239. The number of nitrogens with one attached hydrogen (secondary N) is 2. The van der Waals surface area contributed by atoms with Crippen LogP contribution in [0.25, 0.3) is 0 Å². The Morgan fingerprint density at radius 1 is 1.30 bits per heavy atom. The van der Waals surface area contributed by atoms with Gasteiger partial charge in [0.1, 0.15) is 0 Å². The van der Waals surface area contributed by atoms with Crippen LogP contribution in [-0.4, -0.2) is 12.1 Å². The number of hydrogen-bond donors (Lipinski definition) is 2. The van der Waals surface area contributed by atoms with E-state index in [9.17, 15) is 4.79 Å². The number of benzene rings is 1. The van der Waals surface area contributed by atoms with Crippen LogP contribution in [0.3, 0.4) is 0 Å². The summed E-state index contributed by atoms with van der Waals surface area (Å²) in [5.41, 5.74) is 2.21. The molecule has 0 aliphatic heterocycles. The lowest BCUT2D eigenvalue weighted by Gasteiger charge is -2.27. The van der Waals surface area contributed by atoms with Crippen molar-refractivity contribution in [2.45, 2.75) is 45.6 Å². The van der Waals surface area contributed by atoms with Gasteiger partial charge in [-0.2, -0.15) is 5.26 Å². The third-order valence-electron chi connectivity index (χ3n) is 3.97. The lowest BCUT2D eigenvalue weighted by atomic mass is 9.87. The van der Waals surface area contributed by atoms with Gasteiger partial charge in [-0.25, -0.2) is 4.79 Å². The number of carbonyl (C=O) groups excluding carboxylic acids is 1. The van der Waals surface area contributed by atoms with Gasteiger partial charge in [-0.3, -0.25) is 0 Å². The number of rotatable bonds is 2. The van der Waals surface area contributed by atoms with E-state index in [-0.39, 0.29) is 12.1 Å². The minimum atomic E-state index is -0.178. The van der Waals surface area contributed by atoms with Gasteiger partial charge in [-0.05, 0) is 56.2 Å². The molecule has 0 spiro atoms. The van der Waals surface area contributed by atoms with Gasteiger partial charge in [0.05, 0.1) is 11.6 Å². The summed E-state index contributed by atoms with van der Waals surface area (Å²) >= 11 is 0. The Hall–Kier alpha value is -2.02. The normalized spacial score (nSPS) is 21.9. The number of carbonyl (C=O) groups is 1. The van der Waals surface area contributed by atoms with Crippen LogP contribution in [0, 0.1) is 24.2 Å². The van der Waals surface area contributed by atoms with E-state index in [0.29, 0.717) is 11.3 Å². The fraction of sp³-hybridized carbons (Fsp3) is 0.500. The molecule has 0 atom stereocenters. The fourth-order valence-electron chi connectivity index (χ4n) is 2.57. The summed E-state index contributed by atoms with van der Waals surface area (Å²) in [6.45, 7) is 4.17. The summed E-state index contributed by atoms with van der Waals surface area (Å²) in [6.07, 6.45) is 4.44. The van der Waals surface area contributed by atoms with Crippen LogP contribution in [0.15, 0.2) is 18.2 Å². The second kappa shape index (κ2) is 6.42. The number of nitrogens with zero attached hydrogens (tertiary/aromatic N) is 1. The Morgan fingerprint density at radius 2 is 2.00 bits per heavy atom. The van der Waals surface area contributed by atoms with Crippen molar-refractivity contribution in [3.05, 3.63) is 29.3 Å². The molecule has 0 heterocycles. The van der Waals surface area contributed by atoms with Crippen LogP contribution in [0.2, 0.25) is 0 Å². The monoisotopic (exact) mass is 271 g/mol. The zero-order valence-corrected chi connectivity index (χ0v) is 12.1. The highest BCUT2D eigenvalue weighted by Gasteiger charge is 2.19. The van der Waals surface area contributed by atoms with E-state index in [1.807, 2.05) is 13.0 Å². The molecule has 2 amide bonds. The molecule has 0 bridgehead atoms. The minimum Gasteiger partial charge on any atom is -0.335 e. The molecule has 1 aliphatic rings. The summed E-state index contributed by atoms with van der Waals surface area (Å²) in [5, 5.41) is 14.8. The zero-order chi connectivity index (χ0) is 14.5. The van der Waals surface area contributed by atoms with Crippen LogP contribution in [0.4, 0.5) is 10.5 Å². The maximum absolute atomic E-state index is 12.0. The topological polar surface area (TPSA) is 64.9 Å². The molecule has 0 unspecified atom stereocenters. The molecule has 1 fully saturated rings. The summed E-state index contributed by atoms with van der Waals surface area (Å²) < 4.78 is 0. The number of hydrogen-bond acceptors (Lipinski definition) is 2. The van der Waals surface area contributed by atoms with Gasteiger partial charge >= 0.3 is 6.03 Å². The smallest absolute Gasteiger partial charge is 0.319 e. The minimum absolute atomic E-state index is 0.178. The van der Waals surface area contributed by atoms with Crippen molar-refractivity contribution >= 4 is 11.7 Å². The first-order valence-corrected chi connectivity index (χ1v) is 7.16. The zero-order valence-electron chi connectivity index (χ0n) is 12.1. The Balaban J connectivity index is 1.93. The number of nitriles is 1. The Labute approximate surface area is 120 Å². The van der Waals surface area contributed by atoms with Crippen LogP contribution >= 0.6 is 0 Å². The third kappa shape index (κ3) is 3.74. The first-order valence-electron chi connectivity index (χ1n) is 7.16. The first kappa shape index (κ1) is 14.4. The van der Waals surface area contributed by atoms with Gasteiger partial charge in [0.25, 0.3) is 0 Å². The molecule has 1 saturated carbocycles. The number of urea groups is 1. The summed E-state index contributed by atoms with van der Waals surface area (Å²) in [5.74, 6) is 0.769. The standard InChI is InChI=1S/C16H21N3O/c1-11-3-7-14(8-4-11)18-16(20)19-15-9-13(10-17)6-5-12(15)2/h5-6,9,11,14H,3-4,7-8H2,1-2H3,(H2,18,19,20). The fourth-order valence-corrected chi connectivity index (χ4v) is 2.57. The molecule has 0 radical (unpaired) electrons. The van der Waals surface area contributed by atoms with Crippen molar-refractivity contribution in [3.8, 4) is 6.07 Å². The predicted octanol–water partition coefficient (Wildman–Crippen LogP) is 3.57. The molecular weight excluding hydrogens is 250 g/mol. The molecule has 4 nitrogen and oxygen atoms in total. The van der Waals surface area contributed by atoms with Crippen molar-refractivity contribution < 1.29 is 4.79 Å². The summed E-state index contributed by atoms with van der Waals surface area (Å²) in [7, 11) is 0. The number of aryl methyl sites for hydroxylation is 1. The van der Waals surface area contributed by atoms with Crippen LogP contribution in [0.5, 0.6) is 0 Å². The molecule has 2 N–H and O–H groups in total. The van der Waals surface area contributed by atoms with Crippen molar-refractivity contribution in [2.75, 3.05) is 5.32 Å². The highest BCUT2D eigenvalue weighted by Crippen LogP contribution is 2.23. The third-order valence-corrected chi connectivity index (χ3v) is 3.97. The molecule has 1 aromatic rings. The van der Waals surface area contributed by atoms with E-state index in [1.54, 1.807) is 12.1 Å². The molecule has 0 saturated heterocycles. The van der Waals surface area contributed by atoms with E-state index < -0.39 is 0 Å². The average molecular weight is 271 g/mol. The SMILES string of the molecule is Cc1ccc(C#N)cc1NC(=O)NC1CCC(C)CC1. The predicted molar refractivity (Wildman–Crippen MR) is 79.5 cm³/mol. The number of amides is 2. The maximum atomic E-state index is 12.0. The molecule has 2 rings (SSSR count). The summed E-state index contributed by atoms with van der Waals surface area (Å²) in [6, 6.07) is 7.47. The average Bonchev–Trinajstić information content (AvgIpc) is 2.44. The summed E-state index contributed by atoms with van der Waals surface area (Å²) in [4.78, 5) is 12.0. The maximum Gasteiger partial charge on any atom is 0.319 e. The van der Waals surface area contributed by atoms with Crippen LogP contribution in [-0.2, 0) is 0 Å². The lowest BCUT2D eigenvalue weighted by Crippen LogP contribution is -2.40. The van der Waals surface area contributed by atoms with Gasteiger partial charge in [-0.15, -0.1) is 0 Å². The second-order valence-electron chi connectivity index (χ2n) is 5.70. The largest absolute Gasteiger partial charge is 0.335 e. The second-order valence-corrected chi connectivity index (χ2v) is 5.70. The molecule has 1 aliphatic carbocycles. The highest BCUT2D eigenvalue weighted by molar-refractivity contribution is 5.90. The Bertz CT molecular complexity index is 525. The first-order chi connectivity index (χ1) is 9.58. The van der Waals surface area contributed by atoms with E-state index in [1.165, 1.54) is 12.8 Å². The van der Waals surface area contributed by atoms with Gasteiger partial charge in [0.15, 0.2) is 0 Å². The Morgan fingerprint density at radius 3 is 2.65 bits per heavy atom. The van der Waals surface area contributed by atoms with E-state index in [2.05, 4.69) is 23.6 Å². The van der Waals surface area contributed by atoms with Crippen molar-refractivity contribution in [1.82, 2.24) is 5.32 Å². The number of anilines is 1. The van der Waals surface area contributed by atoms with Gasteiger partial charge in [-0.1, -0.05) is 13.0 Å². The molecule has 106 valence electrons. The molecule has 4 heteroatoms. The molecule has 0 aromatic heterocycles. The highest BCUT2D eigenvalue weighted by atomic mass is 16.2. The van der Waals surface area contributed by atoms with E-state index in [0.717, 1.165) is 24.3 Å². The van der Waals surface area contributed by atoms with E-state index in [4.69, 9.17) is 5.26 Å². The van der Waals surface area contributed by atoms with Crippen molar-refractivity contribution in [3.63, 3.8) is 0 Å². The van der Waals surface area contributed by atoms with Crippen molar-refractivity contribution in [1.29, 1.82) is 5.26 Å².